The first-order valence-electron chi connectivity index (χ1n) is 13.1. The number of amides is 2. The Kier molecular flexibility index (Phi) is 10.3. The fraction of sp³-hybridized carbons (Fsp3) is 0.500. The van der Waals surface area contributed by atoms with Crippen LogP contribution in [0.1, 0.15) is 22.3 Å². The summed E-state index contributed by atoms with van der Waals surface area (Å²) < 4.78 is 10.3. The number of carbonyl (C=O) groups excluding carboxylic acids is 2. The summed E-state index contributed by atoms with van der Waals surface area (Å²) in [5.41, 5.74) is 10.7. The number of nitrogen functional groups attached to an aromatic ring is 1. The van der Waals surface area contributed by atoms with E-state index in [2.05, 4.69) is 0 Å². The van der Waals surface area contributed by atoms with Crippen molar-refractivity contribution in [2.45, 2.75) is 25.9 Å². The van der Waals surface area contributed by atoms with E-state index in [1.54, 1.807) is 18.1 Å². The second-order valence-corrected chi connectivity index (χ2v) is 10.5. The van der Waals surface area contributed by atoms with Crippen molar-refractivity contribution in [2.75, 3.05) is 74.3 Å². The zero-order valence-electron chi connectivity index (χ0n) is 24.2. The Bertz CT molecular complexity index is 1250. The Morgan fingerprint density at radius 2 is 1.27 bits per heavy atom. The van der Waals surface area contributed by atoms with Crippen LogP contribution in [0.25, 0.3) is 0 Å². The molecule has 0 saturated carbocycles. The minimum Gasteiger partial charge on any atom is -0.495 e. The third-order valence-electron chi connectivity index (χ3n) is 6.88. The van der Waals surface area contributed by atoms with Gasteiger partial charge in [-0.25, -0.2) is 0 Å². The van der Waals surface area contributed by atoms with E-state index in [1.807, 2.05) is 55.0 Å². The summed E-state index contributed by atoms with van der Waals surface area (Å²) in [6, 6.07) is 7.13. The van der Waals surface area contributed by atoms with Gasteiger partial charge in [-0.3, -0.25) is 19.7 Å². The van der Waals surface area contributed by atoms with Crippen molar-refractivity contribution < 1.29 is 24.0 Å². The third-order valence-corrected chi connectivity index (χ3v) is 6.88. The van der Waals surface area contributed by atoms with Crippen molar-refractivity contribution in [1.82, 2.24) is 19.6 Å². The number of nitrogens with zero attached hydrogens (tertiary/aromatic N) is 5. The molecule has 0 fully saturated rings. The summed E-state index contributed by atoms with van der Waals surface area (Å²) in [7, 11) is 10.5. The average molecular weight is 557 g/mol. The molecule has 2 heterocycles. The van der Waals surface area contributed by atoms with E-state index in [-0.39, 0.29) is 23.3 Å². The molecule has 2 aliphatic heterocycles. The van der Waals surface area contributed by atoms with E-state index in [0.717, 1.165) is 29.7 Å². The summed E-state index contributed by atoms with van der Waals surface area (Å²) in [6.45, 7) is 3.21. The molecule has 0 bridgehead atoms. The number of ether oxygens (including phenoxy) is 2. The van der Waals surface area contributed by atoms with Gasteiger partial charge in [-0.2, -0.15) is 0 Å². The summed E-state index contributed by atoms with van der Waals surface area (Å²) in [5.74, 6) is 1.17. The van der Waals surface area contributed by atoms with E-state index in [4.69, 9.17) is 15.2 Å². The fourth-order valence-electron chi connectivity index (χ4n) is 4.83. The first-order chi connectivity index (χ1) is 18.9. The Labute approximate surface area is 235 Å². The minimum absolute atomic E-state index is 0.0316. The highest BCUT2D eigenvalue weighted by Crippen LogP contribution is 2.33. The first-order valence-corrected chi connectivity index (χ1v) is 13.1. The zero-order valence-corrected chi connectivity index (χ0v) is 24.2. The number of nitrogens with two attached hydrogens (primary N) is 1. The topological polar surface area (TPSA) is 135 Å². The standard InChI is InChI=1S/C14H19N3O4.C14H21N3O2/c1-15(2)9-14(18)16-5-4-10-7-13(21-3)12(17(19)20)6-11(10)8-16;1-16(2)9-14(18)17-5-4-10-7-13(19-3)12(15)6-11(10)8-17/h6-7H,4-5,8-9H2,1-3H3;6-7H,4-5,8-9,15H2,1-3H3. The molecule has 218 valence electrons. The minimum atomic E-state index is -0.459. The highest BCUT2D eigenvalue weighted by Gasteiger charge is 2.26. The molecule has 0 atom stereocenters. The maximum absolute atomic E-state index is 12.1. The molecule has 2 aromatic carbocycles. The number of rotatable bonds is 7. The van der Waals surface area contributed by atoms with Gasteiger partial charge in [0, 0.05) is 32.2 Å². The number of methoxy groups -OCH3 is 2. The second-order valence-electron chi connectivity index (χ2n) is 10.5. The zero-order chi connectivity index (χ0) is 29.6. The number of hydrogen-bond acceptors (Lipinski definition) is 9. The molecule has 2 aromatic rings. The van der Waals surface area contributed by atoms with Gasteiger partial charge in [-0.1, -0.05) is 0 Å². The molecular formula is C28H40N6O6. The largest absolute Gasteiger partial charge is 0.495 e. The predicted octanol–water partition coefficient (Wildman–Crippen LogP) is 1.77. The Morgan fingerprint density at radius 3 is 1.70 bits per heavy atom. The number of nitro benzene ring substituents is 1. The first kappa shape index (κ1) is 30.6. The maximum Gasteiger partial charge on any atom is 0.311 e. The van der Waals surface area contributed by atoms with Crippen LogP contribution < -0.4 is 15.2 Å². The van der Waals surface area contributed by atoms with Gasteiger partial charge in [-0.05, 0) is 81.5 Å². The molecule has 4 rings (SSSR count). The molecule has 0 aromatic heterocycles. The Morgan fingerprint density at radius 1 is 0.825 bits per heavy atom. The van der Waals surface area contributed by atoms with Gasteiger partial charge in [0.25, 0.3) is 0 Å². The molecule has 2 amide bonds. The van der Waals surface area contributed by atoms with E-state index >= 15 is 0 Å². The van der Waals surface area contributed by atoms with Crippen LogP contribution in [-0.2, 0) is 35.5 Å². The fourth-order valence-corrected chi connectivity index (χ4v) is 4.83. The Balaban J connectivity index is 0.000000222. The number of hydrogen-bond donors (Lipinski definition) is 1. The molecule has 0 spiro atoms. The summed E-state index contributed by atoms with van der Waals surface area (Å²) in [5, 5.41) is 11.1. The van der Waals surface area contributed by atoms with Gasteiger partial charge in [0.15, 0.2) is 5.75 Å². The lowest BCUT2D eigenvalue weighted by atomic mass is 9.98. The van der Waals surface area contributed by atoms with Crippen LogP contribution in [0.15, 0.2) is 24.3 Å². The SMILES string of the molecule is COc1cc2c(cc1N)CN(C(=O)CN(C)C)CC2.COc1cc2c(cc1[N+](=O)[O-])CN(C(=O)CN(C)C)CC2. The van der Waals surface area contributed by atoms with Crippen molar-refractivity contribution >= 4 is 23.2 Å². The molecule has 0 radical (unpaired) electrons. The highest BCUT2D eigenvalue weighted by molar-refractivity contribution is 5.79. The van der Waals surface area contributed by atoms with Crippen LogP contribution in [0.2, 0.25) is 0 Å². The Hall–Kier alpha value is -3.90. The van der Waals surface area contributed by atoms with Gasteiger partial charge in [0.1, 0.15) is 5.75 Å². The van der Waals surface area contributed by atoms with Crippen LogP contribution in [0, 0.1) is 10.1 Å². The number of benzene rings is 2. The van der Waals surface area contributed by atoms with E-state index in [0.29, 0.717) is 50.6 Å². The van der Waals surface area contributed by atoms with Gasteiger partial charge in [0.05, 0.1) is 37.9 Å². The van der Waals surface area contributed by atoms with Crippen LogP contribution in [0.5, 0.6) is 11.5 Å². The van der Waals surface area contributed by atoms with Crippen LogP contribution in [0.3, 0.4) is 0 Å². The summed E-state index contributed by atoms with van der Waals surface area (Å²) in [6.07, 6.45) is 1.54. The normalized spacial score (nSPS) is 14.2. The van der Waals surface area contributed by atoms with E-state index in [9.17, 15) is 19.7 Å². The van der Waals surface area contributed by atoms with Gasteiger partial charge < -0.3 is 34.8 Å². The lowest BCUT2D eigenvalue weighted by molar-refractivity contribution is -0.385. The van der Waals surface area contributed by atoms with Gasteiger partial charge >= 0.3 is 5.69 Å². The maximum atomic E-state index is 12.1. The molecule has 2 aliphatic rings. The highest BCUT2D eigenvalue weighted by atomic mass is 16.6. The van der Waals surface area contributed by atoms with Crippen molar-refractivity contribution in [3.63, 3.8) is 0 Å². The molecule has 0 aliphatic carbocycles. The molecule has 0 saturated heterocycles. The van der Waals surface area contributed by atoms with E-state index in [1.165, 1.54) is 18.7 Å². The van der Waals surface area contributed by atoms with Crippen molar-refractivity contribution in [3.05, 3.63) is 56.6 Å². The number of anilines is 1. The van der Waals surface area contributed by atoms with Crippen LogP contribution in [0.4, 0.5) is 11.4 Å². The number of nitro groups is 1. The summed E-state index contributed by atoms with van der Waals surface area (Å²) >= 11 is 0. The number of likely N-dealkylation sites (N-methyl/N-ethyl adjacent to an activating group) is 2. The van der Waals surface area contributed by atoms with Crippen molar-refractivity contribution in [3.8, 4) is 11.5 Å². The second kappa shape index (κ2) is 13.4. The average Bonchev–Trinajstić information content (AvgIpc) is 2.90. The smallest absolute Gasteiger partial charge is 0.311 e. The van der Waals surface area contributed by atoms with Crippen LogP contribution >= 0.6 is 0 Å². The molecule has 12 heteroatoms. The third kappa shape index (κ3) is 7.60. The quantitative estimate of drug-likeness (QED) is 0.308. The van der Waals surface area contributed by atoms with Crippen molar-refractivity contribution in [2.24, 2.45) is 0 Å². The predicted molar refractivity (Wildman–Crippen MR) is 152 cm³/mol. The molecule has 12 nitrogen and oxygen atoms in total. The monoisotopic (exact) mass is 556 g/mol. The van der Waals surface area contributed by atoms with Crippen LogP contribution in [-0.4, -0.2) is 105 Å². The van der Waals surface area contributed by atoms with E-state index < -0.39 is 4.92 Å². The molecular weight excluding hydrogens is 516 g/mol. The lowest BCUT2D eigenvalue weighted by Gasteiger charge is -2.30. The van der Waals surface area contributed by atoms with Crippen molar-refractivity contribution in [1.29, 1.82) is 0 Å². The molecule has 40 heavy (non-hydrogen) atoms. The number of fused-ring (bicyclic) bond motifs is 2. The van der Waals surface area contributed by atoms with Gasteiger partial charge in [-0.15, -0.1) is 0 Å². The molecule has 2 N–H and O–H groups in total. The molecule has 0 unspecified atom stereocenters. The summed E-state index contributed by atoms with van der Waals surface area (Å²) in [4.78, 5) is 42.1. The lowest BCUT2D eigenvalue weighted by Crippen LogP contribution is -2.40. The number of carbonyl (C=O) groups is 2. The van der Waals surface area contributed by atoms with Gasteiger partial charge in [0.2, 0.25) is 11.8 Å².